The number of nitrogens with zero attached hydrogens (tertiary/aromatic N) is 1. The van der Waals surface area contributed by atoms with Gasteiger partial charge in [0.05, 0.1) is 38.4 Å². The molecule has 1 atom stereocenters. The molecule has 12 heteroatoms. The number of fused-ring (bicyclic) bond motifs is 1. The lowest BCUT2D eigenvalue weighted by atomic mass is 9.87. The fourth-order valence-electron chi connectivity index (χ4n) is 5.03. The molecule has 0 spiro atoms. The number of benzene rings is 3. The summed E-state index contributed by atoms with van der Waals surface area (Å²) in [6.45, 7) is 4.40. The molecular weight excluding hydrogens is 568 g/mol. The minimum atomic E-state index is -1.78. The van der Waals surface area contributed by atoms with Crippen LogP contribution in [-0.4, -0.2) is 64.1 Å². The van der Waals surface area contributed by atoms with Gasteiger partial charge in [-0.05, 0) is 56.3 Å². The molecule has 12 nitrogen and oxygen atoms in total. The number of rotatable bonds is 13. The summed E-state index contributed by atoms with van der Waals surface area (Å²) in [5.74, 6) is -1.06. The van der Waals surface area contributed by atoms with E-state index in [-0.39, 0.29) is 6.54 Å². The van der Waals surface area contributed by atoms with Gasteiger partial charge in [0.25, 0.3) is 5.91 Å². The summed E-state index contributed by atoms with van der Waals surface area (Å²) in [7, 11) is 2.79. The SMILES string of the molecule is CCOC(CN1C(=O)[C@@](CC(=O)Nc2ccc(C(=O)OC)cc2)(NC(=O)Nc2cccc(OC)c2)c2ccccc21)OCC. The Balaban J connectivity index is 1.68. The fourth-order valence-corrected chi connectivity index (χ4v) is 5.03. The molecular formula is C32H36N4O8. The van der Waals surface area contributed by atoms with Gasteiger partial charge in [-0.15, -0.1) is 0 Å². The summed E-state index contributed by atoms with van der Waals surface area (Å²) in [5.41, 5.74) is 0.301. The van der Waals surface area contributed by atoms with Crippen molar-refractivity contribution in [1.29, 1.82) is 0 Å². The van der Waals surface area contributed by atoms with E-state index in [1.807, 2.05) is 13.8 Å². The summed E-state index contributed by atoms with van der Waals surface area (Å²) in [4.78, 5) is 54.7. The summed E-state index contributed by atoms with van der Waals surface area (Å²) in [5, 5.41) is 8.31. The van der Waals surface area contributed by atoms with Crippen molar-refractivity contribution in [3.05, 3.63) is 83.9 Å². The number of methoxy groups -OCH3 is 2. The number of para-hydroxylation sites is 1. The van der Waals surface area contributed by atoms with Crippen molar-refractivity contribution in [2.75, 3.05) is 49.5 Å². The molecule has 1 aliphatic rings. The second-order valence-electron chi connectivity index (χ2n) is 9.78. The predicted molar refractivity (Wildman–Crippen MR) is 164 cm³/mol. The van der Waals surface area contributed by atoms with Gasteiger partial charge in [0.2, 0.25) is 5.91 Å². The van der Waals surface area contributed by atoms with Crippen molar-refractivity contribution in [3.8, 4) is 5.75 Å². The highest BCUT2D eigenvalue weighted by molar-refractivity contribution is 6.13. The molecule has 0 bridgehead atoms. The van der Waals surface area contributed by atoms with Gasteiger partial charge in [-0.3, -0.25) is 9.59 Å². The average molecular weight is 605 g/mol. The topological polar surface area (TPSA) is 145 Å². The van der Waals surface area contributed by atoms with E-state index in [2.05, 4.69) is 16.0 Å². The number of carbonyl (C=O) groups excluding carboxylic acids is 4. The highest BCUT2D eigenvalue weighted by Gasteiger charge is 2.53. The van der Waals surface area contributed by atoms with E-state index in [9.17, 15) is 19.2 Å². The Bertz CT molecular complexity index is 1490. The molecule has 0 aliphatic carbocycles. The first-order valence-electron chi connectivity index (χ1n) is 14.1. The van der Waals surface area contributed by atoms with E-state index in [4.69, 9.17) is 18.9 Å². The lowest BCUT2D eigenvalue weighted by Crippen LogP contribution is -2.56. The minimum Gasteiger partial charge on any atom is -0.497 e. The van der Waals surface area contributed by atoms with Gasteiger partial charge < -0.3 is 39.8 Å². The van der Waals surface area contributed by atoms with Gasteiger partial charge in [-0.2, -0.15) is 0 Å². The molecule has 0 saturated carbocycles. The third-order valence-electron chi connectivity index (χ3n) is 6.97. The number of anilines is 3. The summed E-state index contributed by atoms with van der Waals surface area (Å²) < 4.78 is 21.4. The summed E-state index contributed by atoms with van der Waals surface area (Å²) >= 11 is 0. The van der Waals surface area contributed by atoms with Crippen molar-refractivity contribution in [1.82, 2.24) is 5.32 Å². The zero-order valence-corrected chi connectivity index (χ0v) is 25.0. The smallest absolute Gasteiger partial charge is 0.337 e. The number of nitrogens with one attached hydrogen (secondary N) is 3. The Morgan fingerprint density at radius 1 is 0.864 bits per heavy atom. The van der Waals surface area contributed by atoms with Crippen LogP contribution in [0.1, 0.15) is 36.2 Å². The fraction of sp³-hybridized carbons (Fsp3) is 0.312. The van der Waals surface area contributed by atoms with E-state index in [1.54, 1.807) is 60.7 Å². The number of carbonyl (C=O) groups is 4. The lowest BCUT2D eigenvalue weighted by Gasteiger charge is -2.30. The van der Waals surface area contributed by atoms with E-state index in [0.717, 1.165) is 0 Å². The molecule has 1 aliphatic heterocycles. The third kappa shape index (κ3) is 7.16. The van der Waals surface area contributed by atoms with Gasteiger partial charge in [0, 0.05) is 36.2 Å². The molecule has 0 fully saturated rings. The highest BCUT2D eigenvalue weighted by atomic mass is 16.7. The van der Waals surface area contributed by atoms with E-state index in [1.165, 1.54) is 31.3 Å². The van der Waals surface area contributed by atoms with Crippen LogP contribution >= 0.6 is 0 Å². The number of hydrogen-bond donors (Lipinski definition) is 3. The van der Waals surface area contributed by atoms with Crippen molar-refractivity contribution in [2.24, 2.45) is 0 Å². The molecule has 4 rings (SSSR count). The number of amides is 4. The maximum Gasteiger partial charge on any atom is 0.337 e. The van der Waals surface area contributed by atoms with Crippen LogP contribution in [0, 0.1) is 0 Å². The second kappa shape index (κ2) is 14.5. The normalized spacial score (nSPS) is 15.5. The van der Waals surface area contributed by atoms with Crippen LogP contribution in [0.2, 0.25) is 0 Å². The van der Waals surface area contributed by atoms with Crippen LogP contribution in [0.25, 0.3) is 0 Å². The van der Waals surface area contributed by atoms with Crippen LogP contribution in [0.15, 0.2) is 72.8 Å². The molecule has 0 radical (unpaired) electrons. The summed E-state index contributed by atoms with van der Waals surface area (Å²) in [6.07, 6.45) is -1.16. The molecule has 3 aromatic carbocycles. The van der Waals surface area contributed by atoms with Crippen molar-refractivity contribution in [3.63, 3.8) is 0 Å². The van der Waals surface area contributed by atoms with Crippen LogP contribution in [0.5, 0.6) is 5.75 Å². The standard InChI is InChI=1S/C32H36N4O8/c1-5-43-28(44-6-2)20-36-26-13-8-7-12-25(26)32(30(36)39,35-31(40)34-23-10-9-11-24(18-23)41-3)19-27(37)33-22-16-14-21(15-17-22)29(38)42-4/h7-18,28H,5-6,19-20H2,1-4H3,(H,33,37)(H2,34,35,40)/t32-/m0/s1. The number of hydrogen-bond acceptors (Lipinski definition) is 8. The molecule has 0 unspecified atom stereocenters. The second-order valence-corrected chi connectivity index (χ2v) is 9.78. The molecule has 0 saturated heterocycles. The zero-order chi connectivity index (χ0) is 31.7. The Morgan fingerprint density at radius 3 is 2.23 bits per heavy atom. The molecule has 4 amide bonds. The van der Waals surface area contributed by atoms with Crippen LogP contribution in [0.3, 0.4) is 0 Å². The number of ether oxygens (including phenoxy) is 4. The van der Waals surface area contributed by atoms with Gasteiger partial charge in [0.15, 0.2) is 11.8 Å². The molecule has 3 N–H and O–H groups in total. The number of esters is 1. The van der Waals surface area contributed by atoms with Crippen LogP contribution < -0.4 is 25.6 Å². The van der Waals surface area contributed by atoms with E-state index < -0.39 is 42.1 Å². The first kappa shape index (κ1) is 32.0. The first-order valence-corrected chi connectivity index (χ1v) is 14.1. The van der Waals surface area contributed by atoms with Gasteiger partial charge in [-0.25, -0.2) is 9.59 Å². The Labute approximate surface area is 255 Å². The van der Waals surface area contributed by atoms with E-state index in [0.29, 0.717) is 47.2 Å². The lowest BCUT2D eigenvalue weighted by molar-refractivity contribution is -0.138. The molecule has 232 valence electrons. The third-order valence-corrected chi connectivity index (χ3v) is 6.97. The molecule has 3 aromatic rings. The van der Waals surface area contributed by atoms with Crippen molar-refractivity contribution < 1.29 is 38.1 Å². The molecule has 0 aromatic heterocycles. The maximum absolute atomic E-state index is 14.4. The number of urea groups is 1. The van der Waals surface area contributed by atoms with Gasteiger partial charge in [-0.1, -0.05) is 24.3 Å². The Morgan fingerprint density at radius 2 is 1.57 bits per heavy atom. The predicted octanol–water partition coefficient (Wildman–Crippen LogP) is 4.27. The summed E-state index contributed by atoms with van der Waals surface area (Å²) in [6, 6.07) is 19.1. The van der Waals surface area contributed by atoms with Crippen LogP contribution in [-0.2, 0) is 29.3 Å². The monoisotopic (exact) mass is 604 g/mol. The van der Waals surface area contributed by atoms with Crippen LogP contribution in [0.4, 0.5) is 21.9 Å². The maximum atomic E-state index is 14.4. The Hall–Kier alpha value is -4.94. The van der Waals surface area contributed by atoms with Crippen molar-refractivity contribution >= 4 is 40.9 Å². The quantitative estimate of drug-likeness (QED) is 0.194. The van der Waals surface area contributed by atoms with Gasteiger partial charge in [0.1, 0.15) is 5.75 Å². The largest absolute Gasteiger partial charge is 0.497 e. The molecule has 1 heterocycles. The van der Waals surface area contributed by atoms with Gasteiger partial charge >= 0.3 is 12.0 Å². The Kier molecular flexibility index (Phi) is 10.5. The first-order chi connectivity index (χ1) is 21.2. The minimum absolute atomic E-state index is 0.0368. The zero-order valence-electron chi connectivity index (χ0n) is 25.0. The average Bonchev–Trinajstić information content (AvgIpc) is 3.23. The highest BCUT2D eigenvalue weighted by Crippen LogP contribution is 2.43. The van der Waals surface area contributed by atoms with Crippen molar-refractivity contribution in [2.45, 2.75) is 32.1 Å². The van der Waals surface area contributed by atoms with E-state index >= 15 is 0 Å². The molecule has 44 heavy (non-hydrogen) atoms.